The number of sulfone groups is 1. The summed E-state index contributed by atoms with van der Waals surface area (Å²) in [6.07, 6.45) is -2.32. The van der Waals surface area contributed by atoms with Gasteiger partial charge in [0.1, 0.15) is 17.5 Å². The van der Waals surface area contributed by atoms with Gasteiger partial charge in [0.05, 0.1) is 19.0 Å². The van der Waals surface area contributed by atoms with Gasteiger partial charge in [-0.25, -0.2) is 8.42 Å². The first-order valence-electron chi connectivity index (χ1n) is 6.77. The third kappa shape index (κ3) is 2.92. The van der Waals surface area contributed by atoms with Gasteiger partial charge in [0, 0.05) is 0 Å². The molecule has 4 atom stereocenters. The summed E-state index contributed by atoms with van der Waals surface area (Å²) in [5, 5.41) is 8.67. The largest absolute Gasteiger partial charge is 0.372 e. The van der Waals surface area contributed by atoms with Gasteiger partial charge in [-0.15, -0.1) is 10.1 Å². The SMILES string of the molecule is O=[N+]([O-])O[C@@H]1CO[C@H]2[C@@H]1OC[C@@H]2S(=O)(=O)Cc1ccccc1. The van der Waals surface area contributed by atoms with Gasteiger partial charge in [-0.05, 0) is 5.56 Å². The molecule has 0 unspecified atom stereocenters. The molecule has 0 amide bonds. The van der Waals surface area contributed by atoms with Crippen LogP contribution < -0.4 is 0 Å². The normalized spacial score (nSPS) is 30.9. The first kappa shape index (κ1) is 15.2. The number of fused-ring (bicyclic) bond motifs is 1. The summed E-state index contributed by atoms with van der Waals surface area (Å²) < 4.78 is 35.9. The molecular weight excluding hydrogens is 314 g/mol. The maximum Gasteiger partial charge on any atom is 0.294 e. The van der Waals surface area contributed by atoms with Gasteiger partial charge < -0.3 is 14.3 Å². The molecule has 0 radical (unpaired) electrons. The van der Waals surface area contributed by atoms with Crippen LogP contribution in [-0.2, 0) is 29.9 Å². The van der Waals surface area contributed by atoms with Crippen LogP contribution in [-0.4, -0.2) is 50.3 Å². The molecule has 0 aromatic heterocycles. The second kappa shape index (κ2) is 5.82. The fourth-order valence-electron chi connectivity index (χ4n) is 2.85. The van der Waals surface area contributed by atoms with Crippen molar-refractivity contribution in [3.05, 3.63) is 46.0 Å². The lowest BCUT2D eigenvalue weighted by atomic mass is 10.1. The molecule has 0 spiro atoms. The van der Waals surface area contributed by atoms with E-state index < -0.39 is 38.5 Å². The molecule has 8 nitrogen and oxygen atoms in total. The summed E-state index contributed by atoms with van der Waals surface area (Å²) in [6.45, 7) is -0.0876. The maximum absolute atomic E-state index is 12.5. The molecule has 0 aliphatic carbocycles. The highest BCUT2D eigenvalue weighted by molar-refractivity contribution is 7.91. The van der Waals surface area contributed by atoms with Crippen molar-refractivity contribution in [2.24, 2.45) is 0 Å². The van der Waals surface area contributed by atoms with E-state index >= 15 is 0 Å². The standard InChI is InChI=1S/C13H15NO7S/c15-14(16)21-10-6-19-13-11(7-20-12(10)13)22(17,18)8-9-4-2-1-3-5-9/h1-5,10-13H,6-8H2/t10-,11+,12-,13-/m1/s1. The molecule has 3 rings (SSSR count). The Balaban J connectivity index is 1.72. The average Bonchev–Trinajstić information content (AvgIpc) is 3.02. The van der Waals surface area contributed by atoms with E-state index in [9.17, 15) is 18.5 Å². The molecular formula is C13H15NO7S. The lowest BCUT2D eigenvalue weighted by molar-refractivity contribution is -0.769. The van der Waals surface area contributed by atoms with Gasteiger partial charge >= 0.3 is 0 Å². The zero-order valence-electron chi connectivity index (χ0n) is 11.5. The van der Waals surface area contributed by atoms with Gasteiger partial charge in [-0.2, -0.15) is 0 Å². The van der Waals surface area contributed by atoms with Crippen molar-refractivity contribution in [2.75, 3.05) is 13.2 Å². The smallest absolute Gasteiger partial charge is 0.294 e. The Morgan fingerprint density at radius 2 is 1.86 bits per heavy atom. The molecule has 1 aromatic rings. The predicted molar refractivity (Wildman–Crippen MR) is 74.2 cm³/mol. The minimum atomic E-state index is -3.49. The topological polar surface area (TPSA) is 105 Å². The fourth-order valence-corrected chi connectivity index (χ4v) is 4.65. The second-order valence-corrected chi connectivity index (χ2v) is 7.51. The Morgan fingerprint density at radius 3 is 2.55 bits per heavy atom. The van der Waals surface area contributed by atoms with Crippen molar-refractivity contribution in [1.29, 1.82) is 0 Å². The monoisotopic (exact) mass is 329 g/mol. The van der Waals surface area contributed by atoms with E-state index in [1.807, 2.05) is 6.07 Å². The zero-order valence-corrected chi connectivity index (χ0v) is 12.3. The summed E-state index contributed by atoms with van der Waals surface area (Å²) in [7, 11) is -3.49. The average molecular weight is 329 g/mol. The first-order chi connectivity index (χ1) is 10.5. The molecule has 2 fully saturated rings. The van der Waals surface area contributed by atoms with Gasteiger partial charge in [0.15, 0.2) is 15.9 Å². The van der Waals surface area contributed by atoms with Crippen LogP contribution in [0, 0.1) is 10.1 Å². The summed E-state index contributed by atoms with van der Waals surface area (Å²) in [4.78, 5) is 14.9. The van der Waals surface area contributed by atoms with Gasteiger partial charge in [-0.1, -0.05) is 30.3 Å². The van der Waals surface area contributed by atoms with Crippen LogP contribution in [0.2, 0.25) is 0 Å². The molecule has 2 saturated heterocycles. The van der Waals surface area contributed by atoms with Crippen molar-refractivity contribution in [1.82, 2.24) is 0 Å². The Kier molecular flexibility index (Phi) is 4.02. The van der Waals surface area contributed by atoms with E-state index in [1.165, 1.54) is 0 Å². The van der Waals surface area contributed by atoms with E-state index in [0.29, 0.717) is 5.56 Å². The Bertz CT molecular complexity index is 648. The molecule has 2 heterocycles. The van der Waals surface area contributed by atoms with Crippen LogP contribution in [0.15, 0.2) is 30.3 Å². The van der Waals surface area contributed by atoms with Gasteiger partial charge in [-0.3, -0.25) is 0 Å². The Labute approximate surface area is 127 Å². The van der Waals surface area contributed by atoms with Crippen LogP contribution in [0.5, 0.6) is 0 Å². The molecule has 0 N–H and O–H groups in total. The summed E-state index contributed by atoms with van der Waals surface area (Å²) in [5.41, 5.74) is 0.682. The third-order valence-corrected chi connectivity index (χ3v) is 5.92. The van der Waals surface area contributed by atoms with Crippen molar-refractivity contribution in [3.63, 3.8) is 0 Å². The van der Waals surface area contributed by atoms with Gasteiger partial charge in [0.25, 0.3) is 5.09 Å². The van der Waals surface area contributed by atoms with Crippen molar-refractivity contribution >= 4 is 9.84 Å². The molecule has 0 saturated carbocycles. The number of hydrogen-bond donors (Lipinski definition) is 0. The van der Waals surface area contributed by atoms with E-state index in [1.54, 1.807) is 24.3 Å². The van der Waals surface area contributed by atoms with Crippen LogP contribution in [0.3, 0.4) is 0 Å². The van der Waals surface area contributed by atoms with Crippen molar-refractivity contribution in [2.45, 2.75) is 29.3 Å². The molecule has 2 aliphatic heterocycles. The van der Waals surface area contributed by atoms with Crippen LogP contribution >= 0.6 is 0 Å². The van der Waals surface area contributed by atoms with Gasteiger partial charge in [0.2, 0.25) is 0 Å². The predicted octanol–water partition coefficient (Wildman–Crippen LogP) is 0.344. The van der Waals surface area contributed by atoms with E-state index in [0.717, 1.165) is 0 Å². The van der Waals surface area contributed by atoms with Crippen molar-refractivity contribution in [3.8, 4) is 0 Å². The summed E-state index contributed by atoms with van der Waals surface area (Å²) in [5.74, 6) is -0.116. The lowest BCUT2D eigenvalue weighted by Gasteiger charge is -2.16. The summed E-state index contributed by atoms with van der Waals surface area (Å²) in [6, 6.07) is 8.82. The van der Waals surface area contributed by atoms with Crippen LogP contribution in [0.25, 0.3) is 0 Å². The maximum atomic E-state index is 12.5. The molecule has 22 heavy (non-hydrogen) atoms. The van der Waals surface area contributed by atoms with E-state index in [2.05, 4.69) is 4.84 Å². The number of benzene rings is 1. The Morgan fingerprint density at radius 1 is 1.18 bits per heavy atom. The molecule has 0 bridgehead atoms. The van der Waals surface area contributed by atoms with E-state index in [4.69, 9.17) is 9.47 Å². The molecule has 1 aromatic carbocycles. The fraction of sp³-hybridized carbons (Fsp3) is 0.538. The highest BCUT2D eigenvalue weighted by Crippen LogP contribution is 2.33. The number of ether oxygens (including phenoxy) is 2. The minimum absolute atomic E-state index is 0.0396. The van der Waals surface area contributed by atoms with Crippen LogP contribution in [0.4, 0.5) is 0 Å². The minimum Gasteiger partial charge on any atom is -0.372 e. The van der Waals surface area contributed by atoms with E-state index in [-0.39, 0.29) is 19.0 Å². The second-order valence-electron chi connectivity index (χ2n) is 5.29. The molecule has 120 valence electrons. The number of nitrogens with zero attached hydrogens (tertiary/aromatic N) is 1. The number of hydrogen-bond acceptors (Lipinski definition) is 7. The third-order valence-electron chi connectivity index (χ3n) is 3.86. The first-order valence-corrected chi connectivity index (χ1v) is 8.49. The quantitative estimate of drug-likeness (QED) is 0.566. The zero-order chi connectivity index (χ0) is 15.7. The number of rotatable bonds is 5. The molecule has 2 aliphatic rings. The Hall–Kier alpha value is -1.71. The van der Waals surface area contributed by atoms with Crippen LogP contribution in [0.1, 0.15) is 5.56 Å². The lowest BCUT2D eigenvalue weighted by Crippen LogP contribution is -2.38. The molecule has 9 heteroatoms. The summed E-state index contributed by atoms with van der Waals surface area (Å²) >= 11 is 0. The highest BCUT2D eigenvalue weighted by atomic mass is 32.2. The highest BCUT2D eigenvalue weighted by Gasteiger charge is 2.53. The van der Waals surface area contributed by atoms with Crippen molar-refractivity contribution < 1.29 is 27.8 Å².